The van der Waals surface area contributed by atoms with E-state index in [2.05, 4.69) is 5.32 Å². The van der Waals surface area contributed by atoms with Gasteiger partial charge in [-0.15, -0.1) is 0 Å². The lowest BCUT2D eigenvalue weighted by Gasteiger charge is -2.12. The maximum Gasteiger partial charge on any atom is 0.407 e. The number of hydrogen-bond acceptors (Lipinski definition) is 4. The Morgan fingerprint density at radius 1 is 1.43 bits per heavy atom. The molecule has 0 fully saturated rings. The molecular formula is C8H18N2O4. The number of amides is 1. The van der Waals surface area contributed by atoms with E-state index >= 15 is 0 Å². The third-order valence-electron chi connectivity index (χ3n) is 1.61. The minimum atomic E-state index is -0.927. The number of likely N-dealkylation sites (N-methyl/N-ethyl adjacent to an activating group) is 1. The van der Waals surface area contributed by atoms with Gasteiger partial charge in [0, 0.05) is 26.7 Å². The average Bonchev–Trinajstić information content (AvgIpc) is 2.16. The Balaban J connectivity index is 3.09. The number of nitrogens with one attached hydrogen (secondary N) is 1. The van der Waals surface area contributed by atoms with Crippen LogP contribution in [0.1, 0.15) is 0 Å². The van der Waals surface area contributed by atoms with Gasteiger partial charge in [-0.3, -0.25) is 0 Å². The summed E-state index contributed by atoms with van der Waals surface area (Å²) in [5.41, 5.74) is 0. The summed E-state index contributed by atoms with van der Waals surface area (Å²) in [7, 11) is 1.52. The van der Waals surface area contributed by atoms with Crippen LogP contribution in [0.25, 0.3) is 0 Å². The van der Waals surface area contributed by atoms with Crippen LogP contribution in [0, 0.1) is 0 Å². The fraction of sp³-hybridized carbons (Fsp3) is 0.875. The van der Waals surface area contributed by atoms with Crippen molar-refractivity contribution in [1.82, 2.24) is 10.2 Å². The van der Waals surface area contributed by atoms with Crippen LogP contribution in [-0.4, -0.2) is 67.7 Å². The highest BCUT2D eigenvalue weighted by molar-refractivity contribution is 5.64. The molecule has 3 N–H and O–H groups in total. The highest BCUT2D eigenvalue weighted by Crippen LogP contribution is 1.80. The van der Waals surface area contributed by atoms with Gasteiger partial charge >= 0.3 is 6.09 Å². The first-order chi connectivity index (χ1) is 6.68. The number of nitrogens with zero attached hydrogens (tertiary/aromatic N) is 1. The van der Waals surface area contributed by atoms with Crippen molar-refractivity contribution in [2.24, 2.45) is 0 Å². The molecule has 0 atom stereocenters. The van der Waals surface area contributed by atoms with Crippen LogP contribution in [0.5, 0.6) is 0 Å². The van der Waals surface area contributed by atoms with E-state index in [1.165, 1.54) is 11.9 Å². The summed E-state index contributed by atoms with van der Waals surface area (Å²) >= 11 is 0. The zero-order valence-electron chi connectivity index (χ0n) is 8.40. The first-order valence-corrected chi connectivity index (χ1v) is 4.52. The smallest absolute Gasteiger partial charge is 0.407 e. The number of carbonyl (C=O) groups is 1. The molecule has 0 bridgehead atoms. The first-order valence-electron chi connectivity index (χ1n) is 4.52. The third-order valence-corrected chi connectivity index (χ3v) is 1.61. The minimum absolute atomic E-state index is 0.0295. The Morgan fingerprint density at radius 2 is 2.14 bits per heavy atom. The number of aliphatic hydroxyl groups excluding tert-OH is 1. The number of carboxylic acid groups (broad SMARTS) is 1. The summed E-state index contributed by atoms with van der Waals surface area (Å²) in [6.45, 7) is 2.61. The van der Waals surface area contributed by atoms with Crippen LogP contribution in [-0.2, 0) is 4.74 Å². The lowest BCUT2D eigenvalue weighted by molar-refractivity contribution is 0.0936. The van der Waals surface area contributed by atoms with Crippen molar-refractivity contribution in [3.05, 3.63) is 0 Å². The minimum Gasteiger partial charge on any atom is -0.465 e. The van der Waals surface area contributed by atoms with Crippen LogP contribution < -0.4 is 5.32 Å². The van der Waals surface area contributed by atoms with E-state index < -0.39 is 6.09 Å². The maximum atomic E-state index is 10.4. The summed E-state index contributed by atoms with van der Waals surface area (Å²) in [4.78, 5) is 11.6. The van der Waals surface area contributed by atoms with Crippen LogP contribution in [0.3, 0.4) is 0 Å². The van der Waals surface area contributed by atoms with Crippen LogP contribution >= 0.6 is 0 Å². The van der Waals surface area contributed by atoms with Gasteiger partial charge < -0.3 is 25.2 Å². The molecule has 6 nitrogen and oxygen atoms in total. The summed E-state index contributed by atoms with van der Waals surface area (Å²) in [5, 5.41) is 19.9. The Kier molecular flexibility index (Phi) is 8.20. The monoisotopic (exact) mass is 206 g/mol. The highest BCUT2D eigenvalue weighted by atomic mass is 16.5. The van der Waals surface area contributed by atoms with Crippen molar-refractivity contribution in [3.63, 3.8) is 0 Å². The molecule has 0 spiro atoms. The third kappa shape index (κ3) is 7.78. The number of aliphatic hydroxyl groups is 1. The lowest BCUT2D eigenvalue weighted by atomic mass is 10.5. The van der Waals surface area contributed by atoms with Gasteiger partial charge in [-0.1, -0.05) is 0 Å². The van der Waals surface area contributed by atoms with Crippen LogP contribution in [0.2, 0.25) is 0 Å². The molecule has 84 valence electrons. The van der Waals surface area contributed by atoms with Crippen molar-refractivity contribution in [2.75, 3.05) is 46.5 Å². The zero-order valence-corrected chi connectivity index (χ0v) is 8.40. The second-order valence-corrected chi connectivity index (χ2v) is 2.79. The van der Waals surface area contributed by atoms with Crippen molar-refractivity contribution < 1.29 is 19.7 Å². The van der Waals surface area contributed by atoms with Crippen molar-refractivity contribution >= 4 is 6.09 Å². The first kappa shape index (κ1) is 13.2. The Bertz CT molecular complexity index is 154. The fourth-order valence-corrected chi connectivity index (χ4v) is 0.778. The van der Waals surface area contributed by atoms with E-state index in [1.807, 2.05) is 0 Å². The molecule has 0 aliphatic carbocycles. The quantitative estimate of drug-likeness (QED) is 0.453. The lowest BCUT2D eigenvalue weighted by Crippen LogP contribution is -2.34. The predicted molar refractivity (Wildman–Crippen MR) is 51.4 cm³/mol. The van der Waals surface area contributed by atoms with Crippen molar-refractivity contribution in [3.8, 4) is 0 Å². The van der Waals surface area contributed by atoms with Gasteiger partial charge in [0.1, 0.15) is 0 Å². The van der Waals surface area contributed by atoms with E-state index in [1.54, 1.807) is 0 Å². The van der Waals surface area contributed by atoms with Gasteiger partial charge in [0.05, 0.1) is 19.8 Å². The van der Waals surface area contributed by atoms with Gasteiger partial charge in [-0.25, -0.2) is 4.79 Å². The normalized spacial score (nSPS) is 10.1. The molecule has 0 unspecified atom stereocenters. The molecule has 6 heteroatoms. The molecule has 1 amide bonds. The number of ether oxygens (including phenoxy) is 1. The average molecular weight is 206 g/mol. The molecule has 0 saturated heterocycles. The summed E-state index contributed by atoms with van der Waals surface area (Å²) < 4.78 is 4.99. The number of hydrogen-bond donors (Lipinski definition) is 3. The zero-order chi connectivity index (χ0) is 10.8. The van der Waals surface area contributed by atoms with E-state index in [9.17, 15) is 4.79 Å². The van der Waals surface area contributed by atoms with E-state index in [0.29, 0.717) is 32.8 Å². The fourth-order valence-electron chi connectivity index (χ4n) is 0.778. The second-order valence-electron chi connectivity index (χ2n) is 2.79. The molecule has 0 aromatic heterocycles. The Morgan fingerprint density at radius 3 is 2.71 bits per heavy atom. The molecule has 0 aliphatic heterocycles. The van der Waals surface area contributed by atoms with Crippen LogP contribution in [0.15, 0.2) is 0 Å². The molecular weight excluding hydrogens is 188 g/mol. The SMILES string of the molecule is CN(CCNCCOCCO)C(=O)O. The second kappa shape index (κ2) is 8.74. The van der Waals surface area contributed by atoms with Gasteiger partial charge in [0.25, 0.3) is 0 Å². The van der Waals surface area contributed by atoms with Gasteiger partial charge in [0.2, 0.25) is 0 Å². The highest BCUT2D eigenvalue weighted by Gasteiger charge is 2.02. The van der Waals surface area contributed by atoms with Crippen molar-refractivity contribution in [1.29, 1.82) is 0 Å². The molecule has 0 rings (SSSR count). The molecule has 0 aromatic rings. The Labute approximate surface area is 83.5 Å². The van der Waals surface area contributed by atoms with Gasteiger partial charge in [0.15, 0.2) is 0 Å². The largest absolute Gasteiger partial charge is 0.465 e. The Hall–Kier alpha value is -0.850. The van der Waals surface area contributed by atoms with Gasteiger partial charge in [-0.05, 0) is 0 Å². The predicted octanol–water partition coefficient (Wildman–Crippen LogP) is -0.805. The summed E-state index contributed by atoms with van der Waals surface area (Å²) in [6, 6.07) is 0. The molecule has 0 saturated carbocycles. The van der Waals surface area contributed by atoms with Gasteiger partial charge in [-0.2, -0.15) is 0 Å². The summed E-state index contributed by atoms with van der Waals surface area (Å²) in [5.74, 6) is 0. The summed E-state index contributed by atoms with van der Waals surface area (Å²) in [6.07, 6.45) is -0.927. The van der Waals surface area contributed by atoms with Crippen LogP contribution in [0.4, 0.5) is 4.79 Å². The molecule has 14 heavy (non-hydrogen) atoms. The van der Waals surface area contributed by atoms with E-state index in [4.69, 9.17) is 14.9 Å². The topological polar surface area (TPSA) is 82.0 Å². The number of rotatable bonds is 8. The van der Waals surface area contributed by atoms with E-state index in [0.717, 1.165) is 0 Å². The molecule has 0 aromatic carbocycles. The molecule has 0 aliphatic rings. The van der Waals surface area contributed by atoms with Crippen molar-refractivity contribution in [2.45, 2.75) is 0 Å². The molecule has 0 radical (unpaired) electrons. The standard InChI is InChI=1S/C8H18N2O4/c1-10(8(12)13)4-2-9-3-6-14-7-5-11/h9,11H,2-7H2,1H3,(H,12,13). The van der Waals surface area contributed by atoms with E-state index in [-0.39, 0.29) is 6.61 Å². The maximum absolute atomic E-state index is 10.4. The molecule has 0 heterocycles.